The van der Waals surface area contributed by atoms with E-state index in [9.17, 15) is 4.79 Å². The molecule has 1 aromatic heterocycles. The number of aliphatic carboxylic acids is 1. The van der Waals surface area contributed by atoms with E-state index in [0.29, 0.717) is 0 Å². The molecule has 0 atom stereocenters. The Labute approximate surface area is 119 Å². The van der Waals surface area contributed by atoms with Gasteiger partial charge in [-0.2, -0.15) is 5.10 Å². The first kappa shape index (κ1) is 14.3. The van der Waals surface area contributed by atoms with Crippen molar-refractivity contribution in [2.45, 2.75) is 39.7 Å². The number of hydrogen-bond acceptors (Lipinski definition) is 2. The van der Waals surface area contributed by atoms with Crippen LogP contribution in [0.25, 0.3) is 0 Å². The molecule has 0 aliphatic rings. The van der Waals surface area contributed by atoms with E-state index in [-0.39, 0.29) is 6.42 Å². The number of aryl methyl sites for hydroxylation is 2. The zero-order valence-corrected chi connectivity index (χ0v) is 12.0. The number of benzene rings is 1. The standard InChI is InChI=1S/C16H20N2O2/c1-3-14-10-15(4-2)18(17-14)11-13-7-5-12(6-8-13)9-16(19)20/h5-8,10H,3-4,9,11H2,1-2H3,(H,19,20). The molecule has 0 radical (unpaired) electrons. The Balaban J connectivity index is 2.13. The monoisotopic (exact) mass is 272 g/mol. The summed E-state index contributed by atoms with van der Waals surface area (Å²) >= 11 is 0. The van der Waals surface area contributed by atoms with Gasteiger partial charge in [0.25, 0.3) is 0 Å². The Bertz CT molecular complexity index is 585. The Kier molecular flexibility index (Phi) is 4.56. The minimum absolute atomic E-state index is 0.0717. The first-order valence-electron chi connectivity index (χ1n) is 6.97. The van der Waals surface area contributed by atoms with Crippen LogP contribution in [-0.4, -0.2) is 20.9 Å². The third kappa shape index (κ3) is 3.47. The molecule has 0 saturated carbocycles. The van der Waals surface area contributed by atoms with Crippen molar-refractivity contribution in [1.29, 1.82) is 0 Å². The first-order valence-corrected chi connectivity index (χ1v) is 6.97. The van der Waals surface area contributed by atoms with Crippen LogP contribution in [0.3, 0.4) is 0 Å². The van der Waals surface area contributed by atoms with E-state index in [1.807, 2.05) is 28.9 Å². The van der Waals surface area contributed by atoms with Gasteiger partial charge in [0.15, 0.2) is 0 Å². The van der Waals surface area contributed by atoms with E-state index in [4.69, 9.17) is 5.11 Å². The fraction of sp³-hybridized carbons (Fsp3) is 0.375. The van der Waals surface area contributed by atoms with Crippen LogP contribution < -0.4 is 0 Å². The molecule has 2 aromatic rings. The minimum atomic E-state index is -0.800. The maximum absolute atomic E-state index is 10.6. The van der Waals surface area contributed by atoms with Crippen LogP contribution in [0.5, 0.6) is 0 Å². The predicted octanol–water partition coefficient (Wildman–Crippen LogP) is 2.68. The van der Waals surface area contributed by atoms with E-state index in [1.165, 1.54) is 5.69 Å². The van der Waals surface area contributed by atoms with E-state index in [0.717, 1.165) is 36.2 Å². The normalized spacial score (nSPS) is 10.7. The fourth-order valence-electron chi connectivity index (χ4n) is 2.22. The number of hydrogen-bond donors (Lipinski definition) is 1. The summed E-state index contributed by atoms with van der Waals surface area (Å²) in [7, 11) is 0. The molecule has 0 aliphatic heterocycles. The fourth-order valence-corrected chi connectivity index (χ4v) is 2.22. The van der Waals surface area contributed by atoms with Crippen LogP contribution in [0.2, 0.25) is 0 Å². The van der Waals surface area contributed by atoms with Gasteiger partial charge in [0.1, 0.15) is 0 Å². The second kappa shape index (κ2) is 6.37. The Morgan fingerprint density at radius 2 is 1.80 bits per heavy atom. The first-order chi connectivity index (χ1) is 9.62. The third-order valence-corrected chi connectivity index (χ3v) is 3.35. The third-order valence-electron chi connectivity index (χ3n) is 3.35. The lowest BCUT2D eigenvalue weighted by molar-refractivity contribution is -0.136. The topological polar surface area (TPSA) is 55.1 Å². The Morgan fingerprint density at radius 1 is 1.15 bits per heavy atom. The summed E-state index contributed by atoms with van der Waals surface area (Å²) in [6, 6.07) is 9.85. The zero-order valence-electron chi connectivity index (χ0n) is 12.0. The summed E-state index contributed by atoms with van der Waals surface area (Å²) in [6.07, 6.45) is 1.98. The zero-order chi connectivity index (χ0) is 14.5. The van der Waals surface area contributed by atoms with Crippen molar-refractivity contribution in [2.24, 2.45) is 0 Å². The van der Waals surface area contributed by atoms with E-state index in [2.05, 4.69) is 25.0 Å². The van der Waals surface area contributed by atoms with Crippen molar-refractivity contribution in [3.05, 3.63) is 52.8 Å². The molecular formula is C16H20N2O2. The molecule has 20 heavy (non-hydrogen) atoms. The van der Waals surface area contributed by atoms with Crippen molar-refractivity contribution < 1.29 is 9.90 Å². The highest BCUT2D eigenvalue weighted by Gasteiger charge is 2.06. The van der Waals surface area contributed by atoms with Gasteiger partial charge in [-0.3, -0.25) is 9.48 Å². The highest BCUT2D eigenvalue weighted by molar-refractivity contribution is 5.70. The van der Waals surface area contributed by atoms with Crippen molar-refractivity contribution in [1.82, 2.24) is 9.78 Å². The van der Waals surface area contributed by atoms with Crippen molar-refractivity contribution in [3.63, 3.8) is 0 Å². The molecule has 0 unspecified atom stereocenters. The number of carboxylic acids is 1. The Hall–Kier alpha value is -2.10. The Morgan fingerprint density at radius 3 is 2.35 bits per heavy atom. The lowest BCUT2D eigenvalue weighted by Crippen LogP contribution is -2.06. The minimum Gasteiger partial charge on any atom is -0.481 e. The molecule has 0 fully saturated rings. The second-order valence-corrected chi connectivity index (χ2v) is 4.88. The predicted molar refractivity (Wildman–Crippen MR) is 77.9 cm³/mol. The van der Waals surface area contributed by atoms with Gasteiger partial charge in [-0.15, -0.1) is 0 Å². The summed E-state index contributed by atoms with van der Waals surface area (Å²) in [5.74, 6) is -0.800. The van der Waals surface area contributed by atoms with Crippen LogP contribution in [0.15, 0.2) is 30.3 Å². The van der Waals surface area contributed by atoms with Gasteiger partial charge in [-0.1, -0.05) is 38.1 Å². The molecule has 0 aliphatic carbocycles. The molecule has 4 heteroatoms. The lowest BCUT2D eigenvalue weighted by Gasteiger charge is -2.07. The van der Waals surface area contributed by atoms with E-state index >= 15 is 0 Å². The van der Waals surface area contributed by atoms with Crippen LogP contribution in [0.4, 0.5) is 0 Å². The molecule has 0 saturated heterocycles. The van der Waals surface area contributed by atoms with Gasteiger partial charge < -0.3 is 5.11 Å². The lowest BCUT2D eigenvalue weighted by atomic mass is 10.1. The maximum Gasteiger partial charge on any atom is 0.307 e. The van der Waals surface area contributed by atoms with Crippen molar-refractivity contribution in [3.8, 4) is 0 Å². The smallest absolute Gasteiger partial charge is 0.307 e. The average Bonchev–Trinajstić information content (AvgIpc) is 2.82. The number of rotatable bonds is 6. The number of aromatic nitrogens is 2. The van der Waals surface area contributed by atoms with Crippen LogP contribution in [0, 0.1) is 0 Å². The summed E-state index contributed by atoms with van der Waals surface area (Å²) < 4.78 is 2.03. The number of carboxylic acid groups (broad SMARTS) is 1. The van der Waals surface area contributed by atoms with Gasteiger partial charge in [0.2, 0.25) is 0 Å². The molecule has 1 N–H and O–H groups in total. The number of carbonyl (C=O) groups is 1. The second-order valence-electron chi connectivity index (χ2n) is 4.88. The molecule has 1 aromatic carbocycles. The highest BCUT2D eigenvalue weighted by Crippen LogP contribution is 2.11. The van der Waals surface area contributed by atoms with Gasteiger partial charge in [0, 0.05) is 5.69 Å². The summed E-state index contributed by atoms with van der Waals surface area (Å²) in [5.41, 5.74) is 4.31. The SMILES string of the molecule is CCc1cc(CC)n(Cc2ccc(CC(=O)O)cc2)n1. The molecule has 106 valence electrons. The van der Waals surface area contributed by atoms with Gasteiger partial charge >= 0.3 is 5.97 Å². The molecule has 0 bridgehead atoms. The highest BCUT2D eigenvalue weighted by atomic mass is 16.4. The molecule has 0 spiro atoms. The van der Waals surface area contributed by atoms with Crippen molar-refractivity contribution >= 4 is 5.97 Å². The molecule has 0 amide bonds. The molecule has 2 rings (SSSR count). The average molecular weight is 272 g/mol. The molecule has 1 heterocycles. The van der Waals surface area contributed by atoms with E-state index < -0.39 is 5.97 Å². The summed E-state index contributed by atoms with van der Waals surface area (Å²) in [5, 5.41) is 13.3. The van der Waals surface area contributed by atoms with E-state index in [1.54, 1.807) is 0 Å². The quantitative estimate of drug-likeness (QED) is 0.879. The van der Waals surface area contributed by atoms with Gasteiger partial charge in [-0.05, 0) is 30.0 Å². The molecular weight excluding hydrogens is 252 g/mol. The van der Waals surface area contributed by atoms with Gasteiger partial charge in [0.05, 0.1) is 18.7 Å². The van der Waals surface area contributed by atoms with Crippen LogP contribution in [-0.2, 0) is 30.6 Å². The number of nitrogens with zero attached hydrogens (tertiary/aromatic N) is 2. The van der Waals surface area contributed by atoms with Crippen LogP contribution >= 0.6 is 0 Å². The van der Waals surface area contributed by atoms with Crippen molar-refractivity contribution in [2.75, 3.05) is 0 Å². The van der Waals surface area contributed by atoms with Gasteiger partial charge in [-0.25, -0.2) is 0 Å². The largest absolute Gasteiger partial charge is 0.481 e. The summed E-state index contributed by atoms with van der Waals surface area (Å²) in [4.78, 5) is 10.6. The summed E-state index contributed by atoms with van der Waals surface area (Å²) in [6.45, 7) is 4.96. The van der Waals surface area contributed by atoms with Crippen LogP contribution in [0.1, 0.15) is 36.4 Å². The maximum atomic E-state index is 10.6. The molecule has 4 nitrogen and oxygen atoms in total.